The molecule has 0 fully saturated rings. The Morgan fingerprint density at radius 3 is 2.62 bits per heavy atom. The first-order valence-electron chi connectivity index (χ1n) is 5.46. The van der Waals surface area contributed by atoms with Crippen LogP contribution in [0.4, 0.5) is 17.1 Å². The highest BCUT2D eigenvalue weighted by molar-refractivity contribution is 5.82. The fourth-order valence-electron chi connectivity index (χ4n) is 2.48. The van der Waals surface area contributed by atoms with Gasteiger partial charge in [-0.1, -0.05) is 30.3 Å². The first kappa shape index (κ1) is 9.28. The summed E-state index contributed by atoms with van der Waals surface area (Å²) in [4.78, 5) is 2.18. The van der Waals surface area contributed by atoms with Crippen molar-refractivity contribution in [2.24, 2.45) is 0 Å². The maximum Gasteiger partial charge on any atom is 0.0677 e. The summed E-state index contributed by atoms with van der Waals surface area (Å²) in [5, 5.41) is 0. The van der Waals surface area contributed by atoms with Crippen molar-refractivity contribution >= 4 is 17.1 Å². The Labute approximate surface area is 95.3 Å². The average Bonchev–Trinajstić information content (AvgIpc) is 2.29. The van der Waals surface area contributed by atoms with Crippen LogP contribution in [0.5, 0.6) is 0 Å². The SMILES string of the molecule is CN1c2ccccc2Cc2cccc(N)c21. The molecule has 2 heteroatoms. The van der Waals surface area contributed by atoms with Crippen LogP contribution in [0, 0.1) is 0 Å². The minimum Gasteiger partial charge on any atom is -0.397 e. The van der Waals surface area contributed by atoms with E-state index in [1.165, 1.54) is 16.8 Å². The second kappa shape index (κ2) is 3.27. The van der Waals surface area contributed by atoms with Gasteiger partial charge in [-0.15, -0.1) is 0 Å². The van der Waals surface area contributed by atoms with Crippen LogP contribution in [-0.2, 0) is 6.42 Å². The highest BCUT2D eigenvalue weighted by Gasteiger charge is 2.20. The van der Waals surface area contributed by atoms with Gasteiger partial charge in [-0.05, 0) is 23.3 Å². The Bertz CT molecular complexity index is 546. The Morgan fingerprint density at radius 1 is 1.00 bits per heavy atom. The normalized spacial score (nSPS) is 13.2. The van der Waals surface area contributed by atoms with Gasteiger partial charge in [-0.25, -0.2) is 0 Å². The molecule has 16 heavy (non-hydrogen) atoms. The van der Waals surface area contributed by atoms with Crippen LogP contribution in [0.2, 0.25) is 0 Å². The van der Waals surface area contributed by atoms with Gasteiger partial charge in [0.2, 0.25) is 0 Å². The van der Waals surface area contributed by atoms with E-state index in [0.29, 0.717) is 0 Å². The van der Waals surface area contributed by atoms with Gasteiger partial charge in [0.1, 0.15) is 0 Å². The smallest absolute Gasteiger partial charge is 0.0677 e. The van der Waals surface area contributed by atoms with Crippen LogP contribution in [-0.4, -0.2) is 7.05 Å². The monoisotopic (exact) mass is 210 g/mol. The number of hydrogen-bond acceptors (Lipinski definition) is 2. The number of nitrogens with two attached hydrogens (primary N) is 1. The third-order valence-corrected chi connectivity index (χ3v) is 3.22. The zero-order valence-corrected chi connectivity index (χ0v) is 9.27. The number of benzene rings is 2. The second-order valence-corrected chi connectivity index (χ2v) is 4.22. The van der Waals surface area contributed by atoms with Crippen molar-refractivity contribution in [1.82, 2.24) is 0 Å². The number of fused-ring (bicyclic) bond motifs is 2. The summed E-state index contributed by atoms with van der Waals surface area (Å²) < 4.78 is 0. The van der Waals surface area contributed by atoms with Crippen LogP contribution in [0.3, 0.4) is 0 Å². The molecular formula is C14H14N2. The first-order valence-corrected chi connectivity index (χ1v) is 5.46. The molecule has 2 aromatic rings. The first-order chi connectivity index (χ1) is 7.77. The van der Waals surface area contributed by atoms with Gasteiger partial charge in [0.25, 0.3) is 0 Å². The van der Waals surface area contributed by atoms with Crippen LogP contribution >= 0.6 is 0 Å². The topological polar surface area (TPSA) is 29.3 Å². The van der Waals surface area contributed by atoms with Crippen LogP contribution < -0.4 is 10.6 Å². The molecule has 3 rings (SSSR count). The number of nitrogens with zero attached hydrogens (tertiary/aromatic N) is 1. The summed E-state index contributed by atoms with van der Waals surface area (Å²) in [5.41, 5.74) is 12.0. The molecule has 0 unspecified atom stereocenters. The van der Waals surface area contributed by atoms with E-state index in [2.05, 4.69) is 42.3 Å². The predicted octanol–water partition coefficient (Wildman–Crippen LogP) is 2.94. The van der Waals surface area contributed by atoms with E-state index in [4.69, 9.17) is 5.73 Å². The summed E-state index contributed by atoms with van der Waals surface area (Å²) >= 11 is 0. The number of anilines is 3. The Morgan fingerprint density at radius 2 is 1.75 bits per heavy atom. The lowest BCUT2D eigenvalue weighted by Crippen LogP contribution is -2.19. The van der Waals surface area contributed by atoms with Crippen molar-refractivity contribution in [2.75, 3.05) is 17.7 Å². The van der Waals surface area contributed by atoms with E-state index in [1.807, 2.05) is 12.1 Å². The fourth-order valence-corrected chi connectivity index (χ4v) is 2.48. The van der Waals surface area contributed by atoms with Crippen LogP contribution in [0.1, 0.15) is 11.1 Å². The summed E-state index contributed by atoms with van der Waals surface area (Å²) in [6, 6.07) is 14.6. The molecule has 80 valence electrons. The molecular weight excluding hydrogens is 196 g/mol. The van der Waals surface area contributed by atoms with Crippen LogP contribution in [0.15, 0.2) is 42.5 Å². The lowest BCUT2D eigenvalue weighted by atomic mass is 9.95. The fraction of sp³-hybridized carbons (Fsp3) is 0.143. The minimum absolute atomic E-state index is 0.856. The number of para-hydroxylation sites is 2. The molecule has 1 aliphatic heterocycles. The predicted molar refractivity (Wildman–Crippen MR) is 68.2 cm³/mol. The molecule has 0 bridgehead atoms. The maximum absolute atomic E-state index is 6.05. The molecule has 2 nitrogen and oxygen atoms in total. The maximum atomic E-state index is 6.05. The highest BCUT2D eigenvalue weighted by atomic mass is 15.1. The summed E-state index contributed by atoms with van der Waals surface area (Å²) in [5.74, 6) is 0. The van der Waals surface area contributed by atoms with E-state index < -0.39 is 0 Å². The van der Waals surface area contributed by atoms with E-state index in [9.17, 15) is 0 Å². The molecule has 1 aliphatic rings. The number of hydrogen-bond donors (Lipinski definition) is 1. The van der Waals surface area contributed by atoms with Crippen molar-refractivity contribution < 1.29 is 0 Å². The van der Waals surface area contributed by atoms with Gasteiger partial charge in [-0.2, -0.15) is 0 Å². The molecule has 0 saturated heterocycles. The molecule has 0 atom stereocenters. The average molecular weight is 210 g/mol. The third-order valence-electron chi connectivity index (χ3n) is 3.22. The molecule has 0 aliphatic carbocycles. The van der Waals surface area contributed by atoms with E-state index in [1.54, 1.807) is 0 Å². The number of rotatable bonds is 0. The Balaban J connectivity index is 2.23. The van der Waals surface area contributed by atoms with Crippen molar-refractivity contribution in [3.05, 3.63) is 53.6 Å². The second-order valence-electron chi connectivity index (χ2n) is 4.22. The van der Waals surface area contributed by atoms with Crippen molar-refractivity contribution in [2.45, 2.75) is 6.42 Å². The summed E-state index contributed by atoms with van der Waals surface area (Å²) in [6.45, 7) is 0. The van der Waals surface area contributed by atoms with Gasteiger partial charge in [0.05, 0.1) is 11.4 Å². The van der Waals surface area contributed by atoms with Gasteiger partial charge in [0, 0.05) is 19.2 Å². The van der Waals surface area contributed by atoms with Crippen molar-refractivity contribution in [3.63, 3.8) is 0 Å². The Hall–Kier alpha value is -1.96. The molecule has 1 heterocycles. The lowest BCUT2D eigenvalue weighted by Gasteiger charge is -2.31. The standard InChI is InChI=1S/C14H14N2/c1-16-13-8-3-2-5-10(13)9-11-6-4-7-12(15)14(11)16/h2-8H,9,15H2,1H3. The third kappa shape index (κ3) is 1.20. The van der Waals surface area contributed by atoms with Gasteiger partial charge >= 0.3 is 0 Å². The summed E-state index contributed by atoms with van der Waals surface area (Å²) in [7, 11) is 2.08. The molecule has 0 amide bonds. The van der Waals surface area contributed by atoms with Gasteiger partial charge in [0.15, 0.2) is 0 Å². The Kier molecular flexibility index (Phi) is 1.90. The molecule has 0 spiro atoms. The van der Waals surface area contributed by atoms with Crippen molar-refractivity contribution in [1.29, 1.82) is 0 Å². The van der Waals surface area contributed by atoms with Crippen molar-refractivity contribution in [3.8, 4) is 0 Å². The molecule has 0 radical (unpaired) electrons. The lowest BCUT2D eigenvalue weighted by molar-refractivity contribution is 1.06. The quantitative estimate of drug-likeness (QED) is 0.677. The van der Waals surface area contributed by atoms with E-state index in [0.717, 1.165) is 17.8 Å². The molecule has 0 saturated carbocycles. The number of nitrogen functional groups attached to an aromatic ring is 1. The zero-order valence-electron chi connectivity index (χ0n) is 9.27. The molecule has 0 aromatic heterocycles. The molecule has 2 N–H and O–H groups in total. The van der Waals surface area contributed by atoms with E-state index in [-0.39, 0.29) is 0 Å². The minimum atomic E-state index is 0.856. The zero-order chi connectivity index (χ0) is 11.1. The van der Waals surface area contributed by atoms with Gasteiger partial charge < -0.3 is 10.6 Å². The summed E-state index contributed by atoms with van der Waals surface area (Å²) in [6.07, 6.45) is 0.973. The highest BCUT2D eigenvalue weighted by Crippen LogP contribution is 2.40. The molecule has 2 aromatic carbocycles. The van der Waals surface area contributed by atoms with Gasteiger partial charge in [-0.3, -0.25) is 0 Å². The largest absolute Gasteiger partial charge is 0.397 e. The van der Waals surface area contributed by atoms with Crippen LogP contribution in [0.25, 0.3) is 0 Å². The van der Waals surface area contributed by atoms with E-state index >= 15 is 0 Å².